The van der Waals surface area contributed by atoms with Gasteiger partial charge in [-0.2, -0.15) is 0 Å². The molecule has 5 nitrogen and oxygen atoms in total. The molecule has 1 aromatic heterocycles. The molecule has 156 valence electrons. The minimum absolute atomic E-state index is 0.0909. The number of ether oxygens (including phenoxy) is 3. The van der Waals surface area contributed by atoms with Crippen LogP contribution in [-0.2, 0) is 0 Å². The number of unbranched alkanes of at least 4 members (excludes halogenated alkanes) is 7. The van der Waals surface area contributed by atoms with Crippen molar-refractivity contribution < 1.29 is 18.6 Å². The summed E-state index contributed by atoms with van der Waals surface area (Å²) in [6, 6.07) is 5.42. The Kier molecular flexibility index (Phi) is 9.18. The number of hydrogen-bond donors (Lipinski definition) is 0. The molecule has 0 aliphatic rings. The van der Waals surface area contributed by atoms with Crippen molar-refractivity contribution in [3.63, 3.8) is 0 Å². The number of benzene rings is 1. The number of methoxy groups -OCH3 is 1. The van der Waals surface area contributed by atoms with Crippen LogP contribution in [-0.4, -0.2) is 19.8 Å². The lowest BCUT2D eigenvalue weighted by Gasteiger charge is -2.16. The smallest absolute Gasteiger partial charge is 0.383 e. The Labute approximate surface area is 168 Å². The van der Waals surface area contributed by atoms with Crippen molar-refractivity contribution in [1.29, 1.82) is 0 Å². The second-order valence-corrected chi connectivity index (χ2v) is 7.37. The molecule has 0 fully saturated rings. The summed E-state index contributed by atoms with van der Waals surface area (Å²) in [5, 5.41) is 0.639. The Morgan fingerprint density at radius 1 is 0.964 bits per heavy atom. The fourth-order valence-electron chi connectivity index (χ4n) is 3.24. The van der Waals surface area contributed by atoms with Crippen molar-refractivity contribution >= 4 is 11.0 Å². The van der Waals surface area contributed by atoms with Gasteiger partial charge in [0.05, 0.1) is 19.8 Å². The minimum atomic E-state index is -0.543. The summed E-state index contributed by atoms with van der Waals surface area (Å²) in [5.74, 6) is 1.11. The summed E-state index contributed by atoms with van der Waals surface area (Å²) in [4.78, 5) is 12.3. The van der Waals surface area contributed by atoms with E-state index in [-0.39, 0.29) is 11.9 Å². The Morgan fingerprint density at radius 2 is 1.64 bits per heavy atom. The lowest BCUT2D eigenvalue weighted by Crippen LogP contribution is -2.15. The molecular weight excluding hydrogens is 356 g/mol. The first kappa shape index (κ1) is 22.1. The van der Waals surface area contributed by atoms with Gasteiger partial charge in [0.15, 0.2) is 5.75 Å². The van der Waals surface area contributed by atoms with Crippen LogP contribution in [0.25, 0.3) is 11.0 Å². The van der Waals surface area contributed by atoms with Gasteiger partial charge in [-0.1, -0.05) is 57.9 Å². The van der Waals surface area contributed by atoms with E-state index in [1.807, 2.05) is 26.0 Å². The first-order chi connectivity index (χ1) is 13.6. The lowest BCUT2D eigenvalue weighted by molar-refractivity contribution is 0.219. The third kappa shape index (κ3) is 6.18. The zero-order valence-electron chi connectivity index (χ0n) is 17.7. The summed E-state index contributed by atoms with van der Waals surface area (Å²) >= 11 is 0. The van der Waals surface area contributed by atoms with E-state index < -0.39 is 5.63 Å². The second-order valence-electron chi connectivity index (χ2n) is 7.37. The maximum atomic E-state index is 12.3. The molecule has 0 radical (unpaired) electrons. The van der Waals surface area contributed by atoms with Gasteiger partial charge in [-0.3, -0.25) is 0 Å². The molecule has 5 heteroatoms. The van der Waals surface area contributed by atoms with E-state index in [4.69, 9.17) is 18.6 Å². The lowest BCUT2D eigenvalue weighted by atomic mass is 10.1. The van der Waals surface area contributed by atoms with E-state index in [1.54, 1.807) is 6.07 Å². The molecule has 0 bridgehead atoms. The number of rotatable bonds is 13. The molecule has 0 unspecified atom stereocenters. The summed E-state index contributed by atoms with van der Waals surface area (Å²) < 4.78 is 22.6. The van der Waals surface area contributed by atoms with Gasteiger partial charge in [0.1, 0.15) is 16.7 Å². The summed E-state index contributed by atoms with van der Waals surface area (Å²) in [5.41, 5.74) is -0.107. The van der Waals surface area contributed by atoms with Crippen LogP contribution < -0.4 is 19.8 Å². The molecule has 0 atom stereocenters. The van der Waals surface area contributed by atoms with Crippen LogP contribution in [0.2, 0.25) is 0 Å². The largest absolute Gasteiger partial charge is 0.493 e. The van der Waals surface area contributed by atoms with E-state index >= 15 is 0 Å². The fourth-order valence-corrected chi connectivity index (χ4v) is 3.24. The Morgan fingerprint density at radius 3 is 2.29 bits per heavy atom. The monoisotopic (exact) mass is 390 g/mol. The van der Waals surface area contributed by atoms with E-state index in [0.29, 0.717) is 29.1 Å². The van der Waals surface area contributed by atoms with Crippen LogP contribution >= 0.6 is 0 Å². The second kappa shape index (κ2) is 11.6. The quantitative estimate of drug-likeness (QED) is 0.305. The first-order valence-corrected chi connectivity index (χ1v) is 10.5. The third-order valence-corrected chi connectivity index (χ3v) is 4.62. The average molecular weight is 391 g/mol. The molecule has 0 spiro atoms. The van der Waals surface area contributed by atoms with Crippen LogP contribution in [0.1, 0.15) is 72.1 Å². The van der Waals surface area contributed by atoms with Gasteiger partial charge in [0, 0.05) is 0 Å². The topological polar surface area (TPSA) is 57.9 Å². The highest BCUT2D eigenvalue weighted by molar-refractivity contribution is 5.91. The molecule has 0 aliphatic carbocycles. The summed E-state index contributed by atoms with van der Waals surface area (Å²) in [6.45, 7) is 6.57. The molecule has 2 aromatic rings. The van der Waals surface area contributed by atoms with Crippen LogP contribution in [0, 0.1) is 0 Å². The average Bonchev–Trinajstić information content (AvgIpc) is 2.67. The van der Waals surface area contributed by atoms with Gasteiger partial charge < -0.3 is 18.6 Å². The van der Waals surface area contributed by atoms with Crippen molar-refractivity contribution in [3.05, 3.63) is 28.6 Å². The van der Waals surface area contributed by atoms with Crippen molar-refractivity contribution in [3.8, 4) is 17.2 Å². The molecule has 0 N–H and O–H groups in total. The van der Waals surface area contributed by atoms with Crippen LogP contribution in [0.5, 0.6) is 17.2 Å². The van der Waals surface area contributed by atoms with E-state index in [1.165, 1.54) is 45.6 Å². The molecule has 0 saturated heterocycles. The molecule has 0 aliphatic heterocycles. The van der Waals surface area contributed by atoms with E-state index in [2.05, 4.69) is 6.92 Å². The Hall–Kier alpha value is -2.17. The van der Waals surface area contributed by atoms with Crippen molar-refractivity contribution in [2.75, 3.05) is 13.7 Å². The molecule has 0 amide bonds. The fraction of sp³-hybridized carbons (Fsp3) is 0.609. The van der Waals surface area contributed by atoms with Crippen LogP contribution in [0.4, 0.5) is 0 Å². The van der Waals surface area contributed by atoms with Gasteiger partial charge in [-0.25, -0.2) is 4.79 Å². The molecule has 1 heterocycles. The predicted molar refractivity (Wildman–Crippen MR) is 113 cm³/mol. The van der Waals surface area contributed by atoms with Crippen molar-refractivity contribution in [1.82, 2.24) is 0 Å². The maximum Gasteiger partial charge on any atom is 0.383 e. The Balaban J connectivity index is 2.03. The maximum absolute atomic E-state index is 12.3. The van der Waals surface area contributed by atoms with Gasteiger partial charge >= 0.3 is 5.63 Å². The third-order valence-electron chi connectivity index (χ3n) is 4.62. The Bertz CT molecular complexity index is 778. The van der Waals surface area contributed by atoms with Crippen LogP contribution in [0.3, 0.4) is 0 Å². The zero-order valence-corrected chi connectivity index (χ0v) is 17.7. The van der Waals surface area contributed by atoms with E-state index in [9.17, 15) is 4.79 Å². The first-order valence-electron chi connectivity index (χ1n) is 10.5. The SMILES string of the molecule is CCCCCCCCCCOc1cccc2oc(=O)c(OC(C)C)c(OC)c12. The predicted octanol–water partition coefficient (Wildman–Crippen LogP) is 6.11. The summed E-state index contributed by atoms with van der Waals surface area (Å²) in [7, 11) is 1.52. The minimum Gasteiger partial charge on any atom is -0.493 e. The molecular formula is C23H34O5. The van der Waals surface area contributed by atoms with Gasteiger partial charge in [0.2, 0.25) is 5.75 Å². The normalized spacial score (nSPS) is 11.2. The highest BCUT2D eigenvalue weighted by Gasteiger charge is 2.21. The highest BCUT2D eigenvalue weighted by atomic mass is 16.5. The molecule has 28 heavy (non-hydrogen) atoms. The number of hydrogen-bond acceptors (Lipinski definition) is 5. The highest BCUT2D eigenvalue weighted by Crippen LogP contribution is 2.39. The van der Waals surface area contributed by atoms with Gasteiger partial charge in [-0.05, 0) is 32.4 Å². The van der Waals surface area contributed by atoms with Crippen molar-refractivity contribution in [2.45, 2.75) is 78.2 Å². The van der Waals surface area contributed by atoms with Crippen molar-refractivity contribution in [2.24, 2.45) is 0 Å². The molecule has 0 saturated carbocycles. The molecule has 2 rings (SSSR count). The van der Waals surface area contributed by atoms with Gasteiger partial charge in [-0.15, -0.1) is 0 Å². The standard InChI is InChI=1S/C23H34O5/c1-5-6-7-8-9-10-11-12-16-26-18-14-13-15-19-20(18)21(25-4)22(23(24)28-19)27-17(2)3/h13-15,17H,5-12,16H2,1-4H3. The zero-order chi connectivity index (χ0) is 20.4. The number of fused-ring (bicyclic) bond motifs is 1. The van der Waals surface area contributed by atoms with Crippen LogP contribution in [0.15, 0.2) is 27.4 Å². The summed E-state index contributed by atoms with van der Waals surface area (Å²) in [6.07, 6.45) is 9.82. The van der Waals surface area contributed by atoms with E-state index in [0.717, 1.165) is 12.8 Å². The van der Waals surface area contributed by atoms with Gasteiger partial charge in [0.25, 0.3) is 0 Å². The molecule has 1 aromatic carbocycles.